The summed E-state index contributed by atoms with van der Waals surface area (Å²) < 4.78 is 13.7. The highest BCUT2D eigenvalue weighted by atomic mass is 79.9. The van der Waals surface area contributed by atoms with E-state index in [1.807, 2.05) is 26.0 Å². The lowest BCUT2D eigenvalue weighted by molar-refractivity contribution is 0.0696. The van der Waals surface area contributed by atoms with Crippen molar-refractivity contribution in [2.45, 2.75) is 32.8 Å². The molecule has 1 atom stereocenters. The molecule has 0 amide bonds. The number of hydrogen-bond donors (Lipinski definition) is 1. The third-order valence-electron chi connectivity index (χ3n) is 5.99. The van der Waals surface area contributed by atoms with Gasteiger partial charge in [0.25, 0.3) is 5.56 Å². The Morgan fingerprint density at radius 3 is 2.70 bits per heavy atom. The minimum atomic E-state index is -1.01. The van der Waals surface area contributed by atoms with Crippen LogP contribution < -0.4 is 15.0 Å². The molecule has 4 aromatic rings. The molecule has 4 rings (SSSR count). The number of para-hydroxylation sites is 1. The van der Waals surface area contributed by atoms with E-state index in [-0.39, 0.29) is 23.6 Å². The largest absolute Gasteiger partial charge is 0.493 e. The standard InChI is InChI=1S/C28H26BrN3O5/c1-4-17(2)26-31-23-12-11-21(29)14-22(23)27(33)32(26)30-15-20-9-6-10-24(36-3)25(20)37-16-18-7-5-8-19(13-18)28(34)35/h5-15,17H,4,16H2,1-3H3,(H,34,35)/t17-/m1/s1. The molecule has 0 bridgehead atoms. The fraction of sp³-hybridized carbons (Fsp3) is 0.214. The minimum Gasteiger partial charge on any atom is -0.493 e. The summed E-state index contributed by atoms with van der Waals surface area (Å²) in [6.45, 7) is 4.15. The highest BCUT2D eigenvalue weighted by Crippen LogP contribution is 2.31. The highest BCUT2D eigenvalue weighted by molar-refractivity contribution is 9.10. The van der Waals surface area contributed by atoms with Gasteiger partial charge in [-0.2, -0.15) is 9.78 Å². The number of benzene rings is 3. The number of carboxylic acids is 1. The van der Waals surface area contributed by atoms with E-state index in [4.69, 9.17) is 14.5 Å². The van der Waals surface area contributed by atoms with Crippen LogP contribution >= 0.6 is 15.9 Å². The molecular formula is C28H26BrN3O5. The van der Waals surface area contributed by atoms with Crippen LogP contribution in [0, 0.1) is 0 Å². The number of aromatic carboxylic acids is 1. The van der Waals surface area contributed by atoms with Crippen LogP contribution in [0.25, 0.3) is 10.9 Å². The zero-order valence-corrected chi connectivity index (χ0v) is 22.2. The minimum absolute atomic E-state index is 0.000406. The lowest BCUT2D eigenvalue weighted by atomic mass is 10.1. The second-order valence-corrected chi connectivity index (χ2v) is 9.39. The molecular weight excluding hydrogens is 538 g/mol. The third kappa shape index (κ3) is 5.72. The Morgan fingerprint density at radius 1 is 1.19 bits per heavy atom. The maximum Gasteiger partial charge on any atom is 0.335 e. The summed E-state index contributed by atoms with van der Waals surface area (Å²) in [4.78, 5) is 29.5. The predicted molar refractivity (Wildman–Crippen MR) is 146 cm³/mol. The normalized spacial score (nSPS) is 12.1. The Labute approximate surface area is 222 Å². The van der Waals surface area contributed by atoms with E-state index in [0.717, 1.165) is 10.9 Å². The van der Waals surface area contributed by atoms with Gasteiger partial charge in [-0.15, -0.1) is 0 Å². The number of fused-ring (bicyclic) bond motifs is 1. The zero-order valence-electron chi connectivity index (χ0n) is 20.6. The van der Waals surface area contributed by atoms with Crippen molar-refractivity contribution in [2.75, 3.05) is 7.11 Å². The van der Waals surface area contributed by atoms with Gasteiger partial charge >= 0.3 is 5.97 Å². The number of nitrogens with zero attached hydrogens (tertiary/aromatic N) is 3. The van der Waals surface area contributed by atoms with Crippen molar-refractivity contribution in [3.05, 3.63) is 98.0 Å². The molecule has 3 aromatic carbocycles. The van der Waals surface area contributed by atoms with E-state index in [9.17, 15) is 14.7 Å². The van der Waals surface area contributed by atoms with Crippen molar-refractivity contribution in [1.29, 1.82) is 0 Å². The summed E-state index contributed by atoms with van der Waals surface area (Å²) in [6, 6.07) is 17.3. The van der Waals surface area contributed by atoms with Gasteiger partial charge in [0.1, 0.15) is 12.4 Å². The number of carbonyl (C=O) groups is 1. The first kappa shape index (κ1) is 26.1. The van der Waals surface area contributed by atoms with E-state index < -0.39 is 5.97 Å². The fourth-order valence-electron chi connectivity index (χ4n) is 3.80. The third-order valence-corrected chi connectivity index (χ3v) is 6.48. The number of methoxy groups -OCH3 is 1. The van der Waals surface area contributed by atoms with E-state index in [0.29, 0.717) is 39.4 Å². The molecule has 9 heteroatoms. The molecule has 0 saturated carbocycles. The number of ether oxygens (including phenoxy) is 2. The molecule has 0 saturated heterocycles. The highest BCUT2D eigenvalue weighted by Gasteiger charge is 2.16. The topological polar surface area (TPSA) is 103 Å². The van der Waals surface area contributed by atoms with Crippen LogP contribution in [0.3, 0.4) is 0 Å². The first-order valence-electron chi connectivity index (χ1n) is 11.7. The van der Waals surface area contributed by atoms with Crippen LogP contribution in [0.15, 0.2) is 75.0 Å². The summed E-state index contributed by atoms with van der Waals surface area (Å²) in [5, 5.41) is 14.3. The van der Waals surface area contributed by atoms with Crippen LogP contribution in [-0.2, 0) is 6.61 Å². The molecule has 0 aliphatic rings. The molecule has 37 heavy (non-hydrogen) atoms. The zero-order chi connectivity index (χ0) is 26.5. The lowest BCUT2D eigenvalue weighted by Crippen LogP contribution is -2.23. The van der Waals surface area contributed by atoms with Crippen molar-refractivity contribution in [1.82, 2.24) is 9.66 Å². The maximum atomic E-state index is 13.4. The molecule has 1 aromatic heterocycles. The van der Waals surface area contributed by atoms with Crippen LogP contribution in [0.1, 0.15) is 53.5 Å². The van der Waals surface area contributed by atoms with Crippen molar-refractivity contribution >= 4 is 39.0 Å². The summed E-state index contributed by atoms with van der Waals surface area (Å²) >= 11 is 3.42. The predicted octanol–water partition coefficient (Wildman–Crippen LogP) is 5.84. The second kappa shape index (κ2) is 11.4. The van der Waals surface area contributed by atoms with Crippen molar-refractivity contribution in [3.63, 3.8) is 0 Å². The van der Waals surface area contributed by atoms with Crippen LogP contribution in [0.5, 0.6) is 11.5 Å². The average Bonchev–Trinajstić information content (AvgIpc) is 2.91. The van der Waals surface area contributed by atoms with Crippen LogP contribution in [0.2, 0.25) is 0 Å². The Hall–Kier alpha value is -3.98. The Morgan fingerprint density at radius 2 is 1.97 bits per heavy atom. The first-order valence-corrected chi connectivity index (χ1v) is 12.5. The number of halogens is 1. The van der Waals surface area contributed by atoms with E-state index in [2.05, 4.69) is 21.0 Å². The smallest absolute Gasteiger partial charge is 0.335 e. The molecule has 0 aliphatic heterocycles. The van der Waals surface area contributed by atoms with Gasteiger partial charge in [0.05, 0.1) is 29.8 Å². The quantitative estimate of drug-likeness (QED) is 0.256. The van der Waals surface area contributed by atoms with E-state index in [1.54, 1.807) is 48.7 Å². The maximum absolute atomic E-state index is 13.4. The average molecular weight is 564 g/mol. The Bertz CT molecular complexity index is 1550. The van der Waals surface area contributed by atoms with E-state index >= 15 is 0 Å². The molecule has 0 fully saturated rings. The molecule has 0 unspecified atom stereocenters. The van der Waals surface area contributed by atoms with Crippen LogP contribution in [0.4, 0.5) is 0 Å². The van der Waals surface area contributed by atoms with Gasteiger partial charge < -0.3 is 14.6 Å². The molecule has 1 heterocycles. The molecule has 0 radical (unpaired) electrons. The molecule has 8 nitrogen and oxygen atoms in total. The molecule has 0 spiro atoms. The van der Waals surface area contributed by atoms with Crippen molar-refractivity contribution in [2.24, 2.45) is 5.10 Å². The summed E-state index contributed by atoms with van der Waals surface area (Å²) in [6.07, 6.45) is 2.33. The molecule has 190 valence electrons. The van der Waals surface area contributed by atoms with Crippen molar-refractivity contribution in [3.8, 4) is 11.5 Å². The SMILES string of the molecule is CC[C@@H](C)c1nc2ccc(Br)cc2c(=O)n1N=Cc1cccc(OC)c1OCc1cccc(C(=O)O)c1. The first-order chi connectivity index (χ1) is 17.8. The number of hydrogen-bond acceptors (Lipinski definition) is 6. The second-order valence-electron chi connectivity index (χ2n) is 8.48. The fourth-order valence-corrected chi connectivity index (χ4v) is 4.16. The van der Waals surface area contributed by atoms with Gasteiger partial charge in [-0.05, 0) is 54.4 Å². The summed E-state index contributed by atoms with van der Waals surface area (Å²) in [5.74, 6) is 0.456. The van der Waals surface area contributed by atoms with Gasteiger partial charge in [0.2, 0.25) is 0 Å². The van der Waals surface area contributed by atoms with Gasteiger partial charge in [0, 0.05) is 16.0 Å². The summed E-state index contributed by atoms with van der Waals surface area (Å²) in [5.41, 5.74) is 1.80. The monoisotopic (exact) mass is 563 g/mol. The number of rotatable bonds is 9. The number of carboxylic acid groups (broad SMARTS) is 1. The lowest BCUT2D eigenvalue weighted by Gasteiger charge is -2.15. The Kier molecular flexibility index (Phi) is 8.03. The Balaban J connectivity index is 1.75. The van der Waals surface area contributed by atoms with Crippen molar-refractivity contribution < 1.29 is 19.4 Å². The van der Waals surface area contributed by atoms with Gasteiger partial charge in [-0.3, -0.25) is 4.79 Å². The molecule has 1 N–H and O–H groups in total. The van der Waals surface area contributed by atoms with Gasteiger partial charge in [-0.1, -0.05) is 48.0 Å². The van der Waals surface area contributed by atoms with E-state index in [1.165, 1.54) is 17.9 Å². The molecule has 0 aliphatic carbocycles. The van der Waals surface area contributed by atoms with Gasteiger partial charge in [-0.25, -0.2) is 9.78 Å². The van der Waals surface area contributed by atoms with Gasteiger partial charge in [0.15, 0.2) is 11.5 Å². The van der Waals surface area contributed by atoms with Crippen LogP contribution in [-0.4, -0.2) is 34.1 Å². The number of aromatic nitrogens is 2. The summed E-state index contributed by atoms with van der Waals surface area (Å²) in [7, 11) is 1.53.